The fourth-order valence-electron chi connectivity index (χ4n) is 1.66. The number of hydrogen-bond acceptors (Lipinski definition) is 2. The zero-order valence-electron chi connectivity index (χ0n) is 9.67. The molecule has 0 aromatic carbocycles. The highest BCUT2D eigenvalue weighted by Gasteiger charge is 2.28. The number of amides is 1. The summed E-state index contributed by atoms with van der Waals surface area (Å²) in [5.41, 5.74) is -0.374. The molecule has 1 atom stereocenters. The van der Waals surface area contributed by atoms with Crippen LogP contribution in [0.1, 0.15) is 40.5 Å². The second-order valence-electron chi connectivity index (χ2n) is 4.99. The van der Waals surface area contributed by atoms with E-state index in [2.05, 4.69) is 6.92 Å². The molecule has 0 aromatic rings. The summed E-state index contributed by atoms with van der Waals surface area (Å²) < 4.78 is 5.30. The fourth-order valence-corrected chi connectivity index (χ4v) is 1.66. The second-order valence-corrected chi connectivity index (χ2v) is 4.99. The standard InChI is InChI=1S/C11H21NO2/c1-5-9-6-7-12(8-9)10(13)14-11(2,3)4/h9H,5-8H2,1-4H3/t9-/m0/s1. The summed E-state index contributed by atoms with van der Waals surface area (Å²) in [6.45, 7) is 9.59. The van der Waals surface area contributed by atoms with Gasteiger partial charge in [0.15, 0.2) is 0 Å². The van der Waals surface area contributed by atoms with E-state index in [0.29, 0.717) is 5.92 Å². The Labute approximate surface area is 86.4 Å². The van der Waals surface area contributed by atoms with Gasteiger partial charge in [-0.05, 0) is 33.1 Å². The molecule has 1 amide bonds. The van der Waals surface area contributed by atoms with Crippen molar-refractivity contribution in [1.82, 2.24) is 4.90 Å². The molecule has 0 N–H and O–H groups in total. The smallest absolute Gasteiger partial charge is 0.410 e. The molecule has 82 valence electrons. The number of rotatable bonds is 1. The van der Waals surface area contributed by atoms with Crippen LogP contribution in [0.3, 0.4) is 0 Å². The number of nitrogens with zero attached hydrogens (tertiary/aromatic N) is 1. The van der Waals surface area contributed by atoms with Crippen LogP contribution in [0.2, 0.25) is 0 Å². The molecule has 0 spiro atoms. The summed E-state index contributed by atoms with van der Waals surface area (Å²) in [6.07, 6.45) is 2.11. The van der Waals surface area contributed by atoms with Gasteiger partial charge in [-0.2, -0.15) is 0 Å². The first kappa shape index (κ1) is 11.3. The zero-order valence-corrected chi connectivity index (χ0v) is 9.67. The number of ether oxygens (including phenoxy) is 1. The van der Waals surface area contributed by atoms with Crippen LogP contribution in [0.15, 0.2) is 0 Å². The van der Waals surface area contributed by atoms with Gasteiger partial charge in [-0.25, -0.2) is 4.79 Å². The SMILES string of the molecule is CC[C@H]1CCN(C(=O)OC(C)(C)C)C1. The van der Waals surface area contributed by atoms with Crippen LogP contribution in [0.5, 0.6) is 0 Å². The first-order valence-corrected chi connectivity index (χ1v) is 5.40. The van der Waals surface area contributed by atoms with E-state index < -0.39 is 0 Å². The maximum absolute atomic E-state index is 11.6. The van der Waals surface area contributed by atoms with E-state index in [1.54, 1.807) is 0 Å². The molecule has 1 heterocycles. The van der Waals surface area contributed by atoms with Crippen LogP contribution in [-0.2, 0) is 4.74 Å². The van der Waals surface area contributed by atoms with Crippen LogP contribution in [0.25, 0.3) is 0 Å². The van der Waals surface area contributed by atoms with Crippen LogP contribution < -0.4 is 0 Å². The molecule has 1 saturated heterocycles. The molecular weight excluding hydrogens is 178 g/mol. The summed E-state index contributed by atoms with van der Waals surface area (Å²) >= 11 is 0. The van der Waals surface area contributed by atoms with Crippen LogP contribution in [0.4, 0.5) is 4.79 Å². The Bertz CT molecular complexity index is 208. The lowest BCUT2D eigenvalue weighted by molar-refractivity contribution is 0.0288. The highest BCUT2D eigenvalue weighted by atomic mass is 16.6. The Kier molecular flexibility index (Phi) is 3.40. The Morgan fingerprint density at radius 1 is 1.50 bits per heavy atom. The minimum absolute atomic E-state index is 0.159. The molecule has 0 saturated carbocycles. The van der Waals surface area contributed by atoms with E-state index >= 15 is 0 Å². The van der Waals surface area contributed by atoms with Gasteiger partial charge >= 0.3 is 6.09 Å². The zero-order chi connectivity index (χ0) is 10.8. The van der Waals surface area contributed by atoms with E-state index in [4.69, 9.17) is 4.74 Å². The summed E-state index contributed by atoms with van der Waals surface area (Å²) in [5.74, 6) is 0.669. The Hall–Kier alpha value is -0.730. The topological polar surface area (TPSA) is 29.5 Å². The van der Waals surface area contributed by atoms with Crippen molar-refractivity contribution in [2.24, 2.45) is 5.92 Å². The number of carbonyl (C=O) groups excluding carboxylic acids is 1. The van der Waals surface area contributed by atoms with Gasteiger partial charge in [-0.15, -0.1) is 0 Å². The van der Waals surface area contributed by atoms with Crippen molar-refractivity contribution in [2.75, 3.05) is 13.1 Å². The average Bonchev–Trinajstić information content (AvgIpc) is 2.48. The molecule has 14 heavy (non-hydrogen) atoms. The summed E-state index contributed by atoms with van der Waals surface area (Å²) in [7, 11) is 0. The molecule has 0 unspecified atom stereocenters. The van der Waals surface area contributed by atoms with Gasteiger partial charge in [-0.1, -0.05) is 13.3 Å². The van der Waals surface area contributed by atoms with Crippen LogP contribution in [-0.4, -0.2) is 29.7 Å². The lowest BCUT2D eigenvalue weighted by atomic mass is 10.1. The van der Waals surface area contributed by atoms with E-state index in [1.165, 1.54) is 0 Å². The van der Waals surface area contributed by atoms with Crippen molar-refractivity contribution in [3.8, 4) is 0 Å². The van der Waals surface area contributed by atoms with Gasteiger partial charge < -0.3 is 9.64 Å². The Balaban J connectivity index is 2.40. The van der Waals surface area contributed by atoms with E-state index in [9.17, 15) is 4.79 Å². The van der Waals surface area contributed by atoms with Crippen molar-refractivity contribution >= 4 is 6.09 Å². The molecule has 0 bridgehead atoms. The highest BCUT2D eigenvalue weighted by Crippen LogP contribution is 2.21. The van der Waals surface area contributed by atoms with E-state index in [1.807, 2.05) is 25.7 Å². The molecule has 3 heteroatoms. The maximum Gasteiger partial charge on any atom is 0.410 e. The summed E-state index contributed by atoms with van der Waals surface area (Å²) in [4.78, 5) is 13.4. The summed E-state index contributed by atoms with van der Waals surface area (Å²) in [6, 6.07) is 0. The maximum atomic E-state index is 11.6. The number of hydrogen-bond donors (Lipinski definition) is 0. The second kappa shape index (κ2) is 4.20. The van der Waals surface area contributed by atoms with Gasteiger partial charge in [-0.3, -0.25) is 0 Å². The predicted molar refractivity (Wildman–Crippen MR) is 56.2 cm³/mol. The number of likely N-dealkylation sites (tertiary alicyclic amines) is 1. The molecule has 0 radical (unpaired) electrons. The largest absolute Gasteiger partial charge is 0.444 e. The first-order valence-electron chi connectivity index (χ1n) is 5.40. The van der Waals surface area contributed by atoms with Crippen molar-refractivity contribution < 1.29 is 9.53 Å². The van der Waals surface area contributed by atoms with Gasteiger partial charge in [0.05, 0.1) is 0 Å². The lowest BCUT2D eigenvalue weighted by Gasteiger charge is -2.24. The van der Waals surface area contributed by atoms with Crippen molar-refractivity contribution in [3.63, 3.8) is 0 Å². The van der Waals surface area contributed by atoms with Crippen LogP contribution in [0, 0.1) is 5.92 Å². The van der Waals surface area contributed by atoms with Gasteiger partial charge in [0.2, 0.25) is 0 Å². The van der Waals surface area contributed by atoms with Crippen molar-refractivity contribution in [3.05, 3.63) is 0 Å². The third-order valence-corrected chi connectivity index (χ3v) is 2.51. The predicted octanol–water partition coefficient (Wildman–Crippen LogP) is 2.65. The Morgan fingerprint density at radius 3 is 2.57 bits per heavy atom. The third-order valence-electron chi connectivity index (χ3n) is 2.51. The summed E-state index contributed by atoms with van der Waals surface area (Å²) in [5, 5.41) is 0. The van der Waals surface area contributed by atoms with Crippen molar-refractivity contribution in [2.45, 2.75) is 46.1 Å². The molecule has 1 fully saturated rings. The molecule has 1 aliphatic rings. The molecule has 3 nitrogen and oxygen atoms in total. The minimum Gasteiger partial charge on any atom is -0.444 e. The molecule has 0 aromatic heterocycles. The van der Waals surface area contributed by atoms with E-state index in [-0.39, 0.29) is 11.7 Å². The lowest BCUT2D eigenvalue weighted by Crippen LogP contribution is -2.35. The highest BCUT2D eigenvalue weighted by molar-refractivity contribution is 5.68. The van der Waals surface area contributed by atoms with Gasteiger partial charge in [0, 0.05) is 13.1 Å². The van der Waals surface area contributed by atoms with Gasteiger partial charge in [0.25, 0.3) is 0 Å². The van der Waals surface area contributed by atoms with Crippen LogP contribution >= 0.6 is 0 Å². The molecule has 0 aliphatic carbocycles. The van der Waals surface area contributed by atoms with Gasteiger partial charge in [0.1, 0.15) is 5.60 Å². The van der Waals surface area contributed by atoms with E-state index in [0.717, 1.165) is 25.9 Å². The normalized spacial score (nSPS) is 22.6. The number of carbonyl (C=O) groups is 1. The third kappa shape index (κ3) is 3.20. The fraction of sp³-hybridized carbons (Fsp3) is 0.909. The average molecular weight is 199 g/mol. The monoisotopic (exact) mass is 199 g/mol. The first-order chi connectivity index (χ1) is 6.42. The quantitative estimate of drug-likeness (QED) is 0.649. The molecule has 1 rings (SSSR count). The molecular formula is C11H21NO2. The Morgan fingerprint density at radius 2 is 2.14 bits per heavy atom. The minimum atomic E-state index is -0.374. The molecule has 1 aliphatic heterocycles. The van der Waals surface area contributed by atoms with Crippen molar-refractivity contribution in [1.29, 1.82) is 0 Å².